The summed E-state index contributed by atoms with van der Waals surface area (Å²) in [5, 5.41) is 5.56. The number of carbonyl (C=O) groups is 2. The first kappa shape index (κ1) is 25.0. The summed E-state index contributed by atoms with van der Waals surface area (Å²) in [6.07, 6.45) is 0. The molecule has 1 aromatic rings. The molecule has 182 valence electrons. The quantitative estimate of drug-likeness (QED) is 0.512. The predicted molar refractivity (Wildman–Crippen MR) is 122 cm³/mol. The highest BCUT2D eigenvalue weighted by Gasteiger charge is 2.35. The average Bonchev–Trinajstić information content (AvgIpc) is 2.79. The van der Waals surface area contributed by atoms with Crippen molar-refractivity contribution in [2.24, 2.45) is 0 Å². The molecule has 2 aliphatic rings. The van der Waals surface area contributed by atoms with Crippen LogP contribution in [0, 0.1) is 0 Å². The van der Waals surface area contributed by atoms with Gasteiger partial charge in [-0.25, -0.2) is 9.59 Å². The lowest BCUT2D eigenvalue weighted by atomic mass is 9.95. The maximum Gasteiger partial charge on any atom is 0.338 e. The SMILES string of the molecule is CCOC(=O)C1=C(CN2CCN(S(=O)(=O)N(C)C)CC2)NC(=O)NC1c1ccc(OC)cc1. The molecule has 1 fully saturated rings. The lowest BCUT2D eigenvalue weighted by molar-refractivity contribution is -0.139. The fourth-order valence-electron chi connectivity index (χ4n) is 3.81. The van der Waals surface area contributed by atoms with Crippen molar-refractivity contribution in [2.45, 2.75) is 13.0 Å². The molecule has 0 radical (unpaired) electrons. The summed E-state index contributed by atoms with van der Waals surface area (Å²) in [6.45, 7) is 3.75. The standard InChI is InChI=1S/C21H31N5O6S/c1-5-32-20(27)18-17(14-25-10-12-26(13-11-25)33(29,30)24(2)3)22-21(28)23-19(18)15-6-8-16(31-4)9-7-15/h6-9,19H,5,10-14H2,1-4H3,(H2,22,23,28). The van der Waals surface area contributed by atoms with Gasteiger partial charge in [-0.1, -0.05) is 12.1 Å². The number of nitrogens with zero attached hydrogens (tertiary/aromatic N) is 3. The zero-order valence-corrected chi connectivity index (χ0v) is 20.1. The molecule has 0 aliphatic carbocycles. The predicted octanol–water partition coefficient (Wildman–Crippen LogP) is 0.290. The number of urea groups is 1. The number of carbonyl (C=O) groups excluding carboxylic acids is 2. The average molecular weight is 482 g/mol. The minimum Gasteiger partial charge on any atom is -0.497 e. The lowest BCUT2D eigenvalue weighted by Gasteiger charge is -2.37. The second kappa shape index (κ2) is 10.5. The van der Waals surface area contributed by atoms with Crippen molar-refractivity contribution in [1.82, 2.24) is 24.1 Å². The molecule has 1 saturated heterocycles. The van der Waals surface area contributed by atoms with Gasteiger partial charge >= 0.3 is 12.0 Å². The van der Waals surface area contributed by atoms with Gasteiger partial charge in [0.05, 0.1) is 25.3 Å². The van der Waals surface area contributed by atoms with Crippen molar-refractivity contribution >= 4 is 22.2 Å². The number of nitrogens with one attached hydrogen (secondary N) is 2. The van der Waals surface area contributed by atoms with E-state index >= 15 is 0 Å². The Labute approximate surface area is 194 Å². The number of rotatable bonds is 8. The number of piperazine rings is 1. The Morgan fingerprint density at radius 1 is 1.15 bits per heavy atom. The zero-order valence-electron chi connectivity index (χ0n) is 19.3. The van der Waals surface area contributed by atoms with Gasteiger partial charge in [-0.3, -0.25) is 4.90 Å². The molecule has 11 nitrogen and oxygen atoms in total. The van der Waals surface area contributed by atoms with Crippen molar-refractivity contribution in [2.75, 3.05) is 60.5 Å². The van der Waals surface area contributed by atoms with Crippen molar-refractivity contribution < 1.29 is 27.5 Å². The van der Waals surface area contributed by atoms with Crippen LogP contribution >= 0.6 is 0 Å². The summed E-state index contributed by atoms with van der Waals surface area (Å²) in [5.74, 6) is 0.140. The first-order valence-electron chi connectivity index (χ1n) is 10.7. The van der Waals surface area contributed by atoms with Gasteiger partial charge in [-0.15, -0.1) is 0 Å². The molecule has 2 aliphatic heterocycles. The molecular weight excluding hydrogens is 450 g/mol. The van der Waals surface area contributed by atoms with Gasteiger partial charge in [-0.05, 0) is 24.6 Å². The fourth-order valence-corrected chi connectivity index (χ4v) is 4.90. The van der Waals surface area contributed by atoms with Gasteiger partial charge in [-0.2, -0.15) is 17.0 Å². The summed E-state index contributed by atoms with van der Waals surface area (Å²) >= 11 is 0. The van der Waals surface area contributed by atoms with E-state index in [1.54, 1.807) is 38.3 Å². The molecule has 2 amide bonds. The van der Waals surface area contributed by atoms with Crippen LogP contribution in [0.5, 0.6) is 5.75 Å². The van der Waals surface area contributed by atoms with Crippen LogP contribution in [0.2, 0.25) is 0 Å². The third-order valence-electron chi connectivity index (χ3n) is 5.60. The third kappa shape index (κ3) is 5.64. The first-order valence-corrected chi connectivity index (χ1v) is 12.1. The van der Waals surface area contributed by atoms with Gasteiger partial charge in [0, 0.05) is 52.5 Å². The van der Waals surface area contributed by atoms with E-state index < -0.39 is 28.3 Å². The normalized spacial score (nSPS) is 20.4. The van der Waals surface area contributed by atoms with Crippen molar-refractivity contribution in [3.05, 3.63) is 41.1 Å². The second-order valence-electron chi connectivity index (χ2n) is 7.88. The molecule has 1 atom stereocenters. The summed E-state index contributed by atoms with van der Waals surface area (Å²) in [6, 6.07) is 5.99. The van der Waals surface area contributed by atoms with Crippen molar-refractivity contribution in [3.63, 3.8) is 0 Å². The number of ether oxygens (including phenoxy) is 2. The van der Waals surface area contributed by atoms with E-state index in [-0.39, 0.29) is 13.2 Å². The van der Waals surface area contributed by atoms with Gasteiger partial charge in [0.1, 0.15) is 5.75 Å². The molecular formula is C21H31N5O6S. The molecule has 0 aromatic heterocycles. The largest absolute Gasteiger partial charge is 0.497 e. The topological polar surface area (TPSA) is 121 Å². The summed E-state index contributed by atoms with van der Waals surface area (Å²) in [4.78, 5) is 27.4. The maximum atomic E-state index is 12.9. The molecule has 12 heteroatoms. The first-order chi connectivity index (χ1) is 15.7. The Hall–Kier alpha value is -2.67. The smallest absolute Gasteiger partial charge is 0.338 e. The van der Waals surface area contributed by atoms with E-state index in [2.05, 4.69) is 10.6 Å². The Balaban J connectivity index is 1.86. The number of hydrogen-bond acceptors (Lipinski definition) is 7. The highest BCUT2D eigenvalue weighted by Crippen LogP contribution is 2.29. The molecule has 0 saturated carbocycles. The van der Waals surface area contributed by atoms with Crippen LogP contribution in [0.4, 0.5) is 4.79 Å². The second-order valence-corrected chi connectivity index (χ2v) is 10.0. The van der Waals surface area contributed by atoms with Crippen molar-refractivity contribution in [1.29, 1.82) is 0 Å². The van der Waals surface area contributed by atoms with Crippen LogP contribution in [0.25, 0.3) is 0 Å². The highest BCUT2D eigenvalue weighted by molar-refractivity contribution is 7.86. The van der Waals surface area contributed by atoms with Gasteiger partial charge in [0.15, 0.2) is 0 Å². The minimum absolute atomic E-state index is 0.194. The van der Waals surface area contributed by atoms with E-state index in [1.165, 1.54) is 22.7 Å². The van der Waals surface area contributed by atoms with Crippen molar-refractivity contribution in [3.8, 4) is 5.75 Å². The minimum atomic E-state index is -3.48. The summed E-state index contributed by atoms with van der Waals surface area (Å²) in [5.41, 5.74) is 1.49. The molecule has 1 aromatic carbocycles. The van der Waals surface area contributed by atoms with E-state index in [1.807, 2.05) is 4.90 Å². The number of amides is 2. The molecule has 3 rings (SSSR count). The maximum absolute atomic E-state index is 12.9. The van der Waals surface area contributed by atoms with Crippen LogP contribution in [0.15, 0.2) is 35.5 Å². The van der Waals surface area contributed by atoms with Crippen LogP contribution in [0.1, 0.15) is 18.5 Å². The van der Waals surface area contributed by atoms with Crippen LogP contribution < -0.4 is 15.4 Å². The zero-order chi connectivity index (χ0) is 24.2. The third-order valence-corrected chi connectivity index (χ3v) is 7.54. The van der Waals surface area contributed by atoms with Gasteiger partial charge < -0.3 is 20.1 Å². The molecule has 2 N–H and O–H groups in total. The van der Waals surface area contributed by atoms with E-state index in [0.29, 0.717) is 48.8 Å². The van der Waals surface area contributed by atoms with Crippen LogP contribution in [-0.4, -0.2) is 94.5 Å². The van der Waals surface area contributed by atoms with Crippen LogP contribution in [0.3, 0.4) is 0 Å². The summed E-state index contributed by atoms with van der Waals surface area (Å²) < 4.78 is 37.9. The molecule has 33 heavy (non-hydrogen) atoms. The Kier molecular flexibility index (Phi) is 7.95. The molecule has 1 unspecified atom stereocenters. The Morgan fingerprint density at radius 2 is 1.79 bits per heavy atom. The molecule has 0 bridgehead atoms. The number of methoxy groups -OCH3 is 1. The van der Waals surface area contributed by atoms with Gasteiger partial charge in [0.2, 0.25) is 0 Å². The van der Waals surface area contributed by atoms with Crippen LogP contribution in [-0.2, 0) is 19.7 Å². The van der Waals surface area contributed by atoms with Gasteiger partial charge in [0.25, 0.3) is 10.2 Å². The van der Waals surface area contributed by atoms with E-state index in [4.69, 9.17) is 9.47 Å². The lowest BCUT2D eigenvalue weighted by Crippen LogP contribution is -2.54. The molecule has 2 heterocycles. The highest BCUT2D eigenvalue weighted by atomic mass is 32.2. The van der Waals surface area contributed by atoms with E-state index in [0.717, 1.165) is 0 Å². The number of hydrogen-bond donors (Lipinski definition) is 2. The summed E-state index contributed by atoms with van der Waals surface area (Å²) in [7, 11) is 1.08. The van der Waals surface area contributed by atoms with E-state index in [9.17, 15) is 18.0 Å². The Morgan fingerprint density at radius 3 is 2.33 bits per heavy atom. The molecule has 0 spiro atoms. The number of esters is 1. The Bertz CT molecular complexity index is 1000. The fraction of sp³-hybridized carbons (Fsp3) is 0.524. The monoisotopic (exact) mass is 481 g/mol. The number of benzene rings is 1.